The van der Waals surface area contributed by atoms with Crippen LogP contribution in [0.25, 0.3) is 0 Å². The van der Waals surface area contributed by atoms with Crippen LogP contribution in [0.15, 0.2) is 0 Å². The first-order valence-electron chi connectivity index (χ1n) is 5.70. The molecule has 1 aliphatic rings. The molecule has 0 aromatic carbocycles. The van der Waals surface area contributed by atoms with Crippen LogP contribution < -0.4 is 5.32 Å². The molecule has 2 unspecified atom stereocenters. The minimum absolute atomic E-state index is 0.184. The van der Waals surface area contributed by atoms with Crippen molar-refractivity contribution in [1.29, 1.82) is 0 Å². The summed E-state index contributed by atoms with van der Waals surface area (Å²) in [6, 6.07) is 0.227. The molecule has 0 bridgehead atoms. The Balaban J connectivity index is 2.53. The third kappa shape index (κ3) is 3.72. The average Bonchev–Trinajstić information content (AvgIpc) is 2.30. The van der Waals surface area contributed by atoms with Gasteiger partial charge in [0.25, 0.3) is 0 Å². The van der Waals surface area contributed by atoms with Crippen LogP contribution in [-0.2, 0) is 14.2 Å². The van der Waals surface area contributed by atoms with Crippen molar-refractivity contribution in [3.8, 4) is 0 Å². The van der Waals surface area contributed by atoms with Crippen LogP contribution in [0.1, 0.15) is 19.8 Å². The zero-order valence-electron chi connectivity index (χ0n) is 9.99. The fourth-order valence-corrected chi connectivity index (χ4v) is 2.16. The number of likely N-dealkylation sites (N-methyl/N-ethyl adjacent to an activating group) is 1. The molecule has 1 rings (SSSR count). The highest BCUT2D eigenvalue weighted by atomic mass is 16.7. The summed E-state index contributed by atoms with van der Waals surface area (Å²) in [5.41, 5.74) is 0. The maximum Gasteiger partial charge on any atom is 0.172 e. The van der Waals surface area contributed by atoms with E-state index in [1.165, 1.54) is 6.42 Å². The van der Waals surface area contributed by atoms with Crippen molar-refractivity contribution < 1.29 is 14.2 Å². The van der Waals surface area contributed by atoms with Gasteiger partial charge in [0.15, 0.2) is 6.29 Å². The lowest BCUT2D eigenvalue weighted by Crippen LogP contribution is -2.49. The molecule has 4 heteroatoms. The zero-order chi connectivity index (χ0) is 11.1. The molecule has 2 atom stereocenters. The van der Waals surface area contributed by atoms with Gasteiger partial charge in [0.1, 0.15) is 0 Å². The molecular weight excluding hydrogens is 194 g/mol. The minimum Gasteiger partial charge on any atom is -0.381 e. The molecule has 15 heavy (non-hydrogen) atoms. The molecule has 0 aliphatic carbocycles. The Kier molecular flexibility index (Phi) is 6.17. The van der Waals surface area contributed by atoms with Crippen LogP contribution in [0.2, 0.25) is 0 Å². The van der Waals surface area contributed by atoms with Crippen LogP contribution in [0.4, 0.5) is 0 Å². The summed E-state index contributed by atoms with van der Waals surface area (Å²) in [5.74, 6) is 0.489. The summed E-state index contributed by atoms with van der Waals surface area (Å²) < 4.78 is 16.2. The predicted octanol–water partition coefficient (Wildman–Crippen LogP) is 1.01. The van der Waals surface area contributed by atoms with E-state index in [4.69, 9.17) is 14.2 Å². The Morgan fingerprint density at radius 3 is 2.60 bits per heavy atom. The fourth-order valence-electron chi connectivity index (χ4n) is 2.16. The molecular formula is C11H23NO3. The van der Waals surface area contributed by atoms with Crippen molar-refractivity contribution >= 4 is 0 Å². The zero-order valence-corrected chi connectivity index (χ0v) is 9.99. The second-order valence-electron chi connectivity index (χ2n) is 3.90. The Bertz CT molecular complexity index is 156. The molecule has 4 nitrogen and oxygen atoms in total. The highest BCUT2D eigenvalue weighted by molar-refractivity contribution is 4.81. The maximum atomic E-state index is 5.50. The van der Waals surface area contributed by atoms with Crippen molar-refractivity contribution in [3.05, 3.63) is 0 Å². The SMILES string of the molecule is CCNC(C1CCCOC1)C(OC)OC. The van der Waals surface area contributed by atoms with E-state index in [-0.39, 0.29) is 12.3 Å². The van der Waals surface area contributed by atoms with E-state index in [0.29, 0.717) is 5.92 Å². The molecule has 0 saturated carbocycles. The van der Waals surface area contributed by atoms with Gasteiger partial charge < -0.3 is 19.5 Å². The maximum absolute atomic E-state index is 5.50. The number of methoxy groups -OCH3 is 2. The normalized spacial score (nSPS) is 24.4. The smallest absolute Gasteiger partial charge is 0.172 e. The largest absolute Gasteiger partial charge is 0.381 e. The molecule has 90 valence electrons. The lowest BCUT2D eigenvalue weighted by atomic mass is 9.93. The number of hydrogen-bond donors (Lipinski definition) is 1. The van der Waals surface area contributed by atoms with Gasteiger partial charge in [-0.3, -0.25) is 0 Å². The van der Waals surface area contributed by atoms with Crippen molar-refractivity contribution in [1.82, 2.24) is 5.32 Å². The first-order valence-corrected chi connectivity index (χ1v) is 5.70. The summed E-state index contributed by atoms with van der Waals surface area (Å²) >= 11 is 0. The Morgan fingerprint density at radius 1 is 1.40 bits per heavy atom. The van der Waals surface area contributed by atoms with Gasteiger partial charge in [-0.15, -0.1) is 0 Å². The predicted molar refractivity (Wildman–Crippen MR) is 58.8 cm³/mol. The molecule has 1 N–H and O–H groups in total. The van der Waals surface area contributed by atoms with Crippen LogP contribution in [0.3, 0.4) is 0 Å². The summed E-state index contributed by atoms with van der Waals surface area (Å²) in [6.07, 6.45) is 2.13. The van der Waals surface area contributed by atoms with Crippen LogP contribution >= 0.6 is 0 Å². The quantitative estimate of drug-likeness (QED) is 0.674. The van der Waals surface area contributed by atoms with E-state index in [2.05, 4.69) is 12.2 Å². The van der Waals surface area contributed by atoms with Gasteiger partial charge in [-0.2, -0.15) is 0 Å². The number of hydrogen-bond acceptors (Lipinski definition) is 4. The van der Waals surface area contributed by atoms with E-state index in [1.807, 2.05) is 0 Å². The van der Waals surface area contributed by atoms with Gasteiger partial charge in [-0.25, -0.2) is 0 Å². The first-order chi connectivity index (χ1) is 7.33. The fraction of sp³-hybridized carbons (Fsp3) is 1.00. The third-order valence-corrected chi connectivity index (χ3v) is 2.90. The molecule has 0 aromatic heterocycles. The molecule has 1 aliphatic heterocycles. The van der Waals surface area contributed by atoms with Crippen molar-refractivity contribution in [2.24, 2.45) is 5.92 Å². The first kappa shape index (κ1) is 12.9. The molecule has 1 fully saturated rings. The molecule has 1 heterocycles. The van der Waals surface area contributed by atoms with E-state index in [0.717, 1.165) is 26.2 Å². The summed E-state index contributed by atoms with van der Waals surface area (Å²) in [4.78, 5) is 0. The highest BCUT2D eigenvalue weighted by Crippen LogP contribution is 2.21. The average molecular weight is 217 g/mol. The van der Waals surface area contributed by atoms with Crippen molar-refractivity contribution in [2.75, 3.05) is 34.0 Å². The highest BCUT2D eigenvalue weighted by Gasteiger charge is 2.30. The number of ether oxygens (including phenoxy) is 3. The van der Waals surface area contributed by atoms with Gasteiger partial charge in [-0.05, 0) is 19.4 Å². The molecule has 0 spiro atoms. The lowest BCUT2D eigenvalue weighted by molar-refractivity contribution is -0.142. The van der Waals surface area contributed by atoms with Gasteiger partial charge in [0.05, 0.1) is 12.6 Å². The lowest BCUT2D eigenvalue weighted by Gasteiger charge is -2.34. The Hall–Kier alpha value is -0.160. The Labute approximate surface area is 92.3 Å². The van der Waals surface area contributed by atoms with Crippen molar-refractivity contribution in [3.63, 3.8) is 0 Å². The van der Waals surface area contributed by atoms with Crippen LogP contribution in [-0.4, -0.2) is 46.3 Å². The standard InChI is InChI=1S/C11H23NO3/c1-4-12-10(11(13-2)14-3)9-6-5-7-15-8-9/h9-12H,4-8H2,1-3H3. The number of nitrogens with one attached hydrogen (secondary N) is 1. The molecule has 0 radical (unpaired) electrons. The Morgan fingerprint density at radius 2 is 2.13 bits per heavy atom. The van der Waals surface area contributed by atoms with Gasteiger partial charge in [0.2, 0.25) is 0 Å². The minimum atomic E-state index is -0.184. The van der Waals surface area contributed by atoms with E-state index < -0.39 is 0 Å². The topological polar surface area (TPSA) is 39.7 Å². The number of rotatable bonds is 6. The summed E-state index contributed by atoms with van der Waals surface area (Å²) in [5, 5.41) is 3.42. The molecule has 0 aromatic rings. The second-order valence-corrected chi connectivity index (χ2v) is 3.90. The second kappa shape index (κ2) is 7.17. The van der Waals surface area contributed by atoms with Crippen molar-refractivity contribution in [2.45, 2.75) is 32.1 Å². The van der Waals surface area contributed by atoms with Crippen LogP contribution in [0, 0.1) is 5.92 Å². The van der Waals surface area contributed by atoms with E-state index >= 15 is 0 Å². The monoisotopic (exact) mass is 217 g/mol. The van der Waals surface area contributed by atoms with E-state index in [9.17, 15) is 0 Å². The van der Waals surface area contributed by atoms with E-state index in [1.54, 1.807) is 14.2 Å². The van der Waals surface area contributed by atoms with Gasteiger partial charge >= 0.3 is 0 Å². The molecule has 1 saturated heterocycles. The van der Waals surface area contributed by atoms with Gasteiger partial charge in [-0.1, -0.05) is 6.92 Å². The third-order valence-electron chi connectivity index (χ3n) is 2.90. The summed E-state index contributed by atoms with van der Waals surface area (Å²) in [7, 11) is 3.37. The summed E-state index contributed by atoms with van der Waals surface area (Å²) in [6.45, 7) is 4.71. The van der Waals surface area contributed by atoms with Crippen LogP contribution in [0.5, 0.6) is 0 Å². The van der Waals surface area contributed by atoms with Gasteiger partial charge in [0, 0.05) is 26.7 Å². The molecule has 0 amide bonds.